The lowest BCUT2D eigenvalue weighted by molar-refractivity contribution is 0.108. The summed E-state index contributed by atoms with van der Waals surface area (Å²) in [5.74, 6) is 0.0561. The number of benzene rings is 2. The molecule has 3 saturated heterocycles. The molecule has 9 heteroatoms. The molecule has 0 saturated carbocycles. The molecule has 4 aromatic rings. The highest BCUT2D eigenvalue weighted by atomic mass is 19.1. The van der Waals surface area contributed by atoms with Crippen molar-refractivity contribution in [1.29, 1.82) is 0 Å². The molecule has 2 aromatic carbocycles. The van der Waals surface area contributed by atoms with Crippen LogP contribution in [0.3, 0.4) is 0 Å². The number of rotatable bonds is 5. The largest absolute Gasteiger partial charge is 0.508 e. The van der Waals surface area contributed by atoms with E-state index in [1.807, 2.05) is 24.3 Å². The van der Waals surface area contributed by atoms with Crippen molar-refractivity contribution in [3.63, 3.8) is 0 Å². The molecular weight excluding hydrogens is 509 g/mol. The quantitative estimate of drug-likeness (QED) is 0.361. The molecule has 1 atom stereocenters. The van der Waals surface area contributed by atoms with E-state index in [1.54, 1.807) is 18.3 Å². The molecule has 40 heavy (non-hydrogen) atoms. The Morgan fingerprint density at radius 3 is 2.65 bits per heavy atom. The maximum Gasteiger partial charge on any atom is 0.319 e. The van der Waals surface area contributed by atoms with Crippen LogP contribution in [0.1, 0.15) is 44.9 Å². The van der Waals surface area contributed by atoms with Crippen molar-refractivity contribution in [3.05, 3.63) is 48.4 Å². The van der Waals surface area contributed by atoms with Crippen LogP contribution in [0.15, 0.2) is 42.6 Å². The predicted octanol–water partition coefficient (Wildman–Crippen LogP) is 5.05. The summed E-state index contributed by atoms with van der Waals surface area (Å²) in [7, 11) is 0. The number of nitrogens with zero attached hydrogens (tertiary/aromatic N) is 5. The standard InChI is InChI=1S/C31H34FN5O3/c32-26-27(24-17-22(39)16-20-6-1-2-8-23(20)24)33-18-25-28(26)34-30(35-29(25)36-12-3-7-21(38)9-15-36)40-19-31-10-4-13-37(31)14-5-11-31/h1-2,6,8,16-18,21,38-39H,3-5,7,9-15,19H2. The molecule has 0 bridgehead atoms. The van der Waals surface area contributed by atoms with Gasteiger partial charge in [-0.05, 0) is 80.9 Å². The van der Waals surface area contributed by atoms with Crippen molar-refractivity contribution >= 4 is 27.5 Å². The van der Waals surface area contributed by atoms with E-state index in [0.717, 1.165) is 62.4 Å². The summed E-state index contributed by atoms with van der Waals surface area (Å²) in [5.41, 5.74) is 0.780. The monoisotopic (exact) mass is 543 g/mol. The minimum Gasteiger partial charge on any atom is -0.508 e. The number of pyridine rings is 1. The molecule has 7 rings (SSSR count). The van der Waals surface area contributed by atoms with Gasteiger partial charge >= 0.3 is 6.01 Å². The number of ether oxygens (including phenoxy) is 1. The third-order valence-electron chi connectivity index (χ3n) is 9.02. The fourth-order valence-corrected chi connectivity index (χ4v) is 6.96. The van der Waals surface area contributed by atoms with E-state index in [0.29, 0.717) is 42.9 Å². The molecule has 2 N–H and O–H groups in total. The maximum atomic E-state index is 16.5. The van der Waals surface area contributed by atoms with E-state index in [-0.39, 0.29) is 34.6 Å². The normalized spacial score (nSPS) is 21.1. The molecule has 0 radical (unpaired) electrons. The minimum absolute atomic E-state index is 0.00756. The first-order chi connectivity index (χ1) is 19.5. The Bertz CT molecular complexity index is 1570. The van der Waals surface area contributed by atoms with Crippen LogP contribution in [0.25, 0.3) is 32.9 Å². The van der Waals surface area contributed by atoms with Gasteiger partial charge in [0.1, 0.15) is 29.4 Å². The number of aliphatic hydroxyl groups is 1. The minimum atomic E-state index is -0.571. The Balaban J connectivity index is 1.35. The van der Waals surface area contributed by atoms with Crippen molar-refractivity contribution < 1.29 is 19.3 Å². The third-order valence-corrected chi connectivity index (χ3v) is 9.02. The average Bonchev–Trinajstić information content (AvgIpc) is 3.46. The van der Waals surface area contributed by atoms with Crippen molar-refractivity contribution in [2.75, 3.05) is 37.7 Å². The maximum absolute atomic E-state index is 16.5. The van der Waals surface area contributed by atoms with Gasteiger partial charge in [0.05, 0.1) is 17.0 Å². The van der Waals surface area contributed by atoms with Gasteiger partial charge in [-0.3, -0.25) is 9.88 Å². The van der Waals surface area contributed by atoms with Gasteiger partial charge < -0.3 is 19.8 Å². The Labute approximate surface area is 232 Å². The van der Waals surface area contributed by atoms with Crippen molar-refractivity contribution in [2.45, 2.75) is 56.6 Å². The van der Waals surface area contributed by atoms with Gasteiger partial charge in [-0.1, -0.05) is 24.3 Å². The van der Waals surface area contributed by atoms with Crippen LogP contribution in [0.4, 0.5) is 10.2 Å². The highest BCUT2D eigenvalue weighted by molar-refractivity contribution is 5.99. The van der Waals surface area contributed by atoms with Gasteiger partial charge in [0.2, 0.25) is 0 Å². The summed E-state index contributed by atoms with van der Waals surface area (Å²) < 4.78 is 22.8. The molecule has 0 aliphatic carbocycles. The first-order valence-corrected chi connectivity index (χ1v) is 14.4. The second kappa shape index (κ2) is 10.1. The molecule has 0 spiro atoms. The van der Waals surface area contributed by atoms with E-state index < -0.39 is 5.82 Å². The number of aromatic hydroxyl groups is 1. The first-order valence-electron chi connectivity index (χ1n) is 14.4. The number of fused-ring (bicyclic) bond motifs is 3. The predicted molar refractivity (Wildman–Crippen MR) is 152 cm³/mol. The summed E-state index contributed by atoms with van der Waals surface area (Å²) in [5, 5.41) is 22.8. The fraction of sp³-hybridized carbons (Fsp3) is 0.452. The molecule has 0 amide bonds. The zero-order valence-electron chi connectivity index (χ0n) is 22.5. The number of aliphatic hydroxyl groups excluding tert-OH is 1. The van der Waals surface area contributed by atoms with Crippen LogP contribution in [0.5, 0.6) is 11.8 Å². The molecule has 3 aliphatic heterocycles. The Hall–Kier alpha value is -3.56. The Morgan fingerprint density at radius 2 is 1.80 bits per heavy atom. The zero-order valence-corrected chi connectivity index (χ0v) is 22.5. The lowest BCUT2D eigenvalue weighted by Gasteiger charge is -2.31. The molecule has 208 valence electrons. The number of hydrogen-bond acceptors (Lipinski definition) is 8. The number of halogens is 1. The number of anilines is 1. The van der Waals surface area contributed by atoms with E-state index in [2.05, 4.69) is 19.8 Å². The van der Waals surface area contributed by atoms with Gasteiger partial charge in [0, 0.05) is 24.8 Å². The summed E-state index contributed by atoms with van der Waals surface area (Å²) in [4.78, 5) is 18.6. The third kappa shape index (κ3) is 4.41. The van der Waals surface area contributed by atoms with Crippen molar-refractivity contribution in [1.82, 2.24) is 19.9 Å². The van der Waals surface area contributed by atoms with Crippen LogP contribution in [-0.4, -0.2) is 74.5 Å². The van der Waals surface area contributed by atoms with Gasteiger partial charge in [-0.2, -0.15) is 9.97 Å². The highest BCUT2D eigenvalue weighted by Crippen LogP contribution is 2.40. The van der Waals surface area contributed by atoms with Gasteiger partial charge in [0.25, 0.3) is 0 Å². The van der Waals surface area contributed by atoms with Crippen LogP contribution in [-0.2, 0) is 0 Å². The Kier molecular flexibility index (Phi) is 6.43. The van der Waals surface area contributed by atoms with Crippen LogP contribution in [0.2, 0.25) is 0 Å². The smallest absolute Gasteiger partial charge is 0.319 e. The molecule has 5 heterocycles. The molecule has 8 nitrogen and oxygen atoms in total. The lowest BCUT2D eigenvalue weighted by Crippen LogP contribution is -2.43. The van der Waals surface area contributed by atoms with E-state index in [1.165, 1.54) is 0 Å². The molecule has 2 aromatic heterocycles. The number of phenols is 1. The van der Waals surface area contributed by atoms with Gasteiger partial charge in [-0.25, -0.2) is 4.39 Å². The average molecular weight is 544 g/mol. The topological polar surface area (TPSA) is 94.8 Å². The summed E-state index contributed by atoms with van der Waals surface area (Å²) in [6, 6.07) is 10.9. The second-order valence-electron chi connectivity index (χ2n) is 11.5. The SMILES string of the molecule is Oc1cc(-c2ncc3c(N4CCCC(O)CC4)nc(OCC45CCCN4CCC5)nc3c2F)c2ccccc2c1. The highest BCUT2D eigenvalue weighted by Gasteiger charge is 2.45. The van der Waals surface area contributed by atoms with Crippen molar-refractivity contribution in [3.8, 4) is 23.0 Å². The molecule has 1 unspecified atom stereocenters. The first kappa shape index (κ1) is 25.4. The number of hydrogen-bond donors (Lipinski definition) is 2. The van der Waals surface area contributed by atoms with E-state index in [9.17, 15) is 10.2 Å². The van der Waals surface area contributed by atoms with E-state index >= 15 is 4.39 Å². The van der Waals surface area contributed by atoms with Crippen LogP contribution < -0.4 is 9.64 Å². The van der Waals surface area contributed by atoms with Gasteiger partial charge in [0.15, 0.2) is 5.82 Å². The Morgan fingerprint density at radius 1 is 0.975 bits per heavy atom. The number of phenolic OH excluding ortho intramolecular Hbond substituents is 1. The second-order valence-corrected chi connectivity index (χ2v) is 11.5. The summed E-state index contributed by atoms with van der Waals surface area (Å²) in [6.07, 6.45) is 7.91. The fourth-order valence-electron chi connectivity index (χ4n) is 6.96. The van der Waals surface area contributed by atoms with Crippen molar-refractivity contribution in [2.24, 2.45) is 0 Å². The van der Waals surface area contributed by atoms with Crippen LogP contribution >= 0.6 is 0 Å². The molecular formula is C31H34FN5O3. The lowest BCUT2D eigenvalue weighted by atomic mass is 9.95. The summed E-state index contributed by atoms with van der Waals surface area (Å²) >= 11 is 0. The summed E-state index contributed by atoms with van der Waals surface area (Å²) in [6.45, 7) is 3.95. The number of aromatic nitrogens is 3. The van der Waals surface area contributed by atoms with Crippen LogP contribution in [0, 0.1) is 5.82 Å². The van der Waals surface area contributed by atoms with E-state index in [4.69, 9.17) is 9.72 Å². The molecule has 3 aliphatic rings. The molecule has 3 fully saturated rings. The zero-order chi connectivity index (χ0) is 27.3. The van der Waals surface area contributed by atoms with Gasteiger partial charge in [-0.15, -0.1) is 0 Å².